The summed E-state index contributed by atoms with van der Waals surface area (Å²) in [6.07, 6.45) is 0. The Morgan fingerprint density at radius 3 is 2.57 bits per heavy atom. The fourth-order valence-electron chi connectivity index (χ4n) is 2.28. The molecular formula is C16H13ClN2O2. The van der Waals surface area contributed by atoms with Gasteiger partial charge in [-0.15, -0.1) is 12.4 Å². The highest BCUT2D eigenvalue weighted by Gasteiger charge is 2.09. The van der Waals surface area contributed by atoms with Crippen LogP contribution in [0.3, 0.4) is 0 Å². The number of non-ortho nitro benzene ring substituents is 1. The third kappa shape index (κ3) is 2.85. The smallest absolute Gasteiger partial charge is 0.258 e. The Labute approximate surface area is 128 Å². The number of benzene rings is 2. The maximum atomic E-state index is 10.8. The van der Waals surface area contributed by atoms with E-state index in [1.54, 1.807) is 12.1 Å². The van der Waals surface area contributed by atoms with Crippen molar-refractivity contribution in [3.63, 3.8) is 0 Å². The van der Waals surface area contributed by atoms with Crippen LogP contribution in [-0.2, 0) is 0 Å². The number of halogens is 1. The molecule has 0 radical (unpaired) electrons. The van der Waals surface area contributed by atoms with E-state index in [0.717, 1.165) is 27.7 Å². The fourth-order valence-corrected chi connectivity index (χ4v) is 2.28. The number of nitrogens with zero attached hydrogens (tertiary/aromatic N) is 2. The molecular weight excluding hydrogens is 288 g/mol. The Kier molecular flexibility index (Phi) is 4.19. The molecule has 0 aliphatic carbocycles. The highest BCUT2D eigenvalue weighted by molar-refractivity contribution is 5.85. The molecule has 5 heteroatoms. The Morgan fingerprint density at radius 1 is 1.05 bits per heavy atom. The predicted octanol–water partition coefficient (Wildman–Crippen LogP) is 4.54. The van der Waals surface area contributed by atoms with Gasteiger partial charge in [0.15, 0.2) is 0 Å². The zero-order valence-electron chi connectivity index (χ0n) is 11.3. The van der Waals surface area contributed by atoms with E-state index in [-0.39, 0.29) is 18.1 Å². The minimum atomic E-state index is -0.391. The van der Waals surface area contributed by atoms with Crippen LogP contribution in [0.5, 0.6) is 0 Å². The zero-order valence-corrected chi connectivity index (χ0v) is 12.1. The highest BCUT2D eigenvalue weighted by Crippen LogP contribution is 2.26. The van der Waals surface area contributed by atoms with E-state index in [1.165, 1.54) is 6.07 Å². The van der Waals surface area contributed by atoms with E-state index < -0.39 is 4.92 Å². The van der Waals surface area contributed by atoms with Crippen molar-refractivity contribution >= 4 is 29.0 Å². The molecule has 3 rings (SSSR count). The summed E-state index contributed by atoms with van der Waals surface area (Å²) in [7, 11) is 0. The van der Waals surface area contributed by atoms with Crippen molar-refractivity contribution in [1.82, 2.24) is 4.98 Å². The molecule has 2 aromatic carbocycles. The van der Waals surface area contributed by atoms with E-state index in [9.17, 15) is 10.1 Å². The van der Waals surface area contributed by atoms with Crippen LogP contribution >= 0.6 is 12.4 Å². The van der Waals surface area contributed by atoms with Crippen molar-refractivity contribution in [2.75, 3.05) is 0 Å². The molecule has 0 N–H and O–H groups in total. The van der Waals surface area contributed by atoms with Crippen molar-refractivity contribution in [3.05, 3.63) is 70.3 Å². The lowest BCUT2D eigenvalue weighted by Crippen LogP contribution is -1.91. The summed E-state index contributed by atoms with van der Waals surface area (Å²) in [5.41, 5.74) is 3.60. The molecule has 106 valence electrons. The van der Waals surface area contributed by atoms with Gasteiger partial charge in [0.2, 0.25) is 0 Å². The van der Waals surface area contributed by atoms with Crippen molar-refractivity contribution < 1.29 is 4.92 Å². The van der Waals surface area contributed by atoms with Gasteiger partial charge >= 0.3 is 0 Å². The Morgan fingerprint density at radius 2 is 1.81 bits per heavy atom. The molecule has 0 atom stereocenters. The van der Waals surface area contributed by atoms with Crippen LogP contribution in [-0.4, -0.2) is 9.91 Å². The highest BCUT2D eigenvalue weighted by atomic mass is 35.5. The molecule has 0 amide bonds. The Bertz CT molecular complexity index is 818. The Hall–Kier alpha value is -2.46. The number of aromatic nitrogens is 1. The summed E-state index contributed by atoms with van der Waals surface area (Å²) in [6, 6.07) is 16.4. The van der Waals surface area contributed by atoms with Gasteiger partial charge in [-0.3, -0.25) is 10.1 Å². The first kappa shape index (κ1) is 14.9. The van der Waals surface area contributed by atoms with Gasteiger partial charge in [0.1, 0.15) is 0 Å². The van der Waals surface area contributed by atoms with Crippen LogP contribution in [0.15, 0.2) is 54.6 Å². The quantitative estimate of drug-likeness (QED) is 0.515. The number of fused-ring (bicyclic) bond motifs is 1. The summed E-state index contributed by atoms with van der Waals surface area (Å²) in [4.78, 5) is 15.0. The average Bonchev–Trinajstić information content (AvgIpc) is 2.47. The molecule has 0 aliphatic heterocycles. The van der Waals surface area contributed by atoms with Gasteiger partial charge in [0.25, 0.3) is 5.69 Å². The lowest BCUT2D eigenvalue weighted by atomic mass is 10.0. The standard InChI is InChI=1S/C16H12N2O2.ClH/c1-11-9-16(17-15-8-3-2-7-14(11)15)12-5-4-6-13(10-12)18(19)20;/h2-10H,1H3;1H. The maximum absolute atomic E-state index is 10.8. The lowest BCUT2D eigenvalue weighted by molar-refractivity contribution is -0.384. The van der Waals surface area contributed by atoms with E-state index in [1.807, 2.05) is 43.3 Å². The van der Waals surface area contributed by atoms with Crippen LogP contribution in [0.25, 0.3) is 22.2 Å². The number of pyridine rings is 1. The fraction of sp³-hybridized carbons (Fsp3) is 0.0625. The van der Waals surface area contributed by atoms with E-state index in [4.69, 9.17) is 0 Å². The number of aryl methyl sites for hydroxylation is 1. The van der Waals surface area contributed by atoms with Gasteiger partial charge in [-0.2, -0.15) is 0 Å². The number of nitro groups is 1. The summed E-state index contributed by atoms with van der Waals surface area (Å²) in [5, 5.41) is 11.9. The molecule has 1 heterocycles. The number of para-hydroxylation sites is 1. The second kappa shape index (κ2) is 5.89. The van der Waals surface area contributed by atoms with Crippen molar-refractivity contribution in [2.24, 2.45) is 0 Å². The normalized spacial score (nSPS) is 10.1. The van der Waals surface area contributed by atoms with E-state index >= 15 is 0 Å². The molecule has 0 spiro atoms. The predicted molar refractivity (Wildman–Crippen MR) is 85.8 cm³/mol. The topological polar surface area (TPSA) is 56.0 Å². The zero-order chi connectivity index (χ0) is 14.1. The van der Waals surface area contributed by atoms with Crippen LogP contribution in [0.4, 0.5) is 5.69 Å². The Balaban J connectivity index is 0.00000161. The van der Waals surface area contributed by atoms with Gasteiger partial charge < -0.3 is 0 Å². The number of hydrogen-bond donors (Lipinski definition) is 0. The van der Waals surface area contributed by atoms with Crippen molar-refractivity contribution in [1.29, 1.82) is 0 Å². The molecule has 4 nitrogen and oxygen atoms in total. The molecule has 0 saturated carbocycles. The second-order valence-electron chi connectivity index (χ2n) is 4.65. The van der Waals surface area contributed by atoms with Gasteiger partial charge in [0.05, 0.1) is 16.1 Å². The number of hydrogen-bond acceptors (Lipinski definition) is 3. The first-order valence-electron chi connectivity index (χ1n) is 6.26. The molecule has 21 heavy (non-hydrogen) atoms. The number of rotatable bonds is 2. The number of nitro benzene ring substituents is 1. The molecule has 0 unspecified atom stereocenters. The van der Waals surface area contributed by atoms with Crippen LogP contribution in [0, 0.1) is 17.0 Å². The molecule has 1 aromatic heterocycles. The molecule has 3 aromatic rings. The minimum absolute atomic E-state index is 0. The third-order valence-electron chi connectivity index (χ3n) is 3.28. The van der Waals surface area contributed by atoms with Crippen LogP contribution in [0.2, 0.25) is 0 Å². The van der Waals surface area contributed by atoms with Crippen LogP contribution < -0.4 is 0 Å². The van der Waals surface area contributed by atoms with Crippen molar-refractivity contribution in [2.45, 2.75) is 6.92 Å². The van der Waals surface area contributed by atoms with Gasteiger partial charge in [-0.25, -0.2) is 4.98 Å². The summed E-state index contributed by atoms with van der Waals surface area (Å²) in [5.74, 6) is 0. The molecule has 0 fully saturated rings. The molecule has 0 aliphatic rings. The first-order valence-corrected chi connectivity index (χ1v) is 6.26. The van der Waals surface area contributed by atoms with Gasteiger partial charge in [-0.05, 0) is 24.6 Å². The monoisotopic (exact) mass is 300 g/mol. The largest absolute Gasteiger partial charge is 0.270 e. The lowest BCUT2D eigenvalue weighted by Gasteiger charge is -2.06. The van der Waals surface area contributed by atoms with Crippen molar-refractivity contribution in [3.8, 4) is 11.3 Å². The summed E-state index contributed by atoms with van der Waals surface area (Å²) < 4.78 is 0. The third-order valence-corrected chi connectivity index (χ3v) is 3.28. The van der Waals surface area contributed by atoms with Crippen LogP contribution in [0.1, 0.15) is 5.56 Å². The average molecular weight is 301 g/mol. The summed E-state index contributed by atoms with van der Waals surface area (Å²) in [6.45, 7) is 2.02. The SMILES string of the molecule is Cc1cc(-c2cccc([N+](=O)[O-])c2)nc2ccccc12.Cl. The maximum Gasteiger partial charge on any atom is 0.270 e. The molecule has 0 bridgehead atoms. The second-order valence-corrected chi connectivity index (χ2v) is 4.65. The van der Waals surface area contributed by atoms with Gasteiger partial charge in [0, 0.05) is 23.1 Å². The summed E-state index contributed by atoms with van der Waals surface area (Å²) >= 11 is 0. The first-order chi connectivity index (χ1) is 9.65. The minimum Gasteiger partial charge on any atom is -0.258 e. The van der Waals surface area contributed by atoms with E-state index in [2.05, 4.69) is 4.98 Å². The van der Waals surface area contributed by atoms with Gasteiger partial charge in [-0.1, -0.05) is 30.3 Å². The molecule has 0 saturated heterocycles. The van der Waals surface area contributed by atoms with E-state index in [0.29, 0.717) is 0 Å².